The van der Waals surface area contributed by atoms with Gasteiger partial charge in [0, 0.05) is 18.6 Å². The highest BCUT2D eigenvalue weighted by atomic mass is 15.2. The summed E-state index contributed by atoms with van der Waals surface area (Å²) in [6, 6.07) is 1.46. The van der Waals surface area contributed by atoms with Gasteiger partial charge in [0.25, 0.3) is 0 Å². The first kappa shape index (κ1) is 16.0. The minimum atomic E-state index is 0.718. The molecule has 0 aliphatic heterocycles. The predicted molar refractivity (Wildman–Crippen MR) is 81.0 cm³/mol. The maximum atomic E-state index is 3.77. The molecule has 1 N–H and O–H groups in total. The number of rotatable bonds is 7. The van der Waals surface area contributed by atoms with Crippen LogP contribution in [0.1, 0.15) is 59.8 Å². The van der Waals surface area contributed by atoms with E-state index in [1.807, 2.05) is 0 Å². The van der Waals surface area contributed by atoms with Crippen LogP contribution in [-0.4, -0.2) is 37.1 Å². The first-order valence-corrected chi connectivity index (χ1v) is 8.02. The molecule has 4 atom stereocenters. The first-order valence-electron chi connectivity index (χ1n) is 8.02. The Morgan fingerprint density at radius 3 is 2.61 bits per heavy atom. The molecule has 2 heteroatoms. The molecule has 1 aliphatic carbocycles. The summed E-state index contributed by atoms with van der Waals surface area (Å²) in [4.78, 5) is 2.62. The van der Waals surface area contributed by atoms with Crippen LogP contribution in [0.4, 0.5) is 0 Å². The van der Waals surface area contributed by atoms with Crippen molar-refractivity contribution in [2.75, 3.05) is 20.1 Å². The highest BCUT2D eigenvalue weighted by Crippen LogP contribution is 2.27. The Kier molecular flexibility index (Phi) is 7.25. The molecule has 0 radical (unpaired) electrons. The summed E-state index contributed by atoms with van der Waals surface area (Å²) in [7, 11) is 2.33. The Morgan fingerprint density at radius 2 is 2.00 bits per heavy atom. The summed E-state index contributed by atoms with van der Waals surface area (Å²) in [5.41, 5.74) is 0. The highest BCUT2D eigenvalue weighted by molar-refractivity contribution is 4.89. The number of hydrogen-bond acceptors (Lipinski definition) is 2. The third-order valence-electron chi connectivity index (χ3n) is 4.60. The van der Waals surface area contributed by atoms with Gasteiger partial charge in [-0.15, -0.1) is 0 Å². The van der Waals surface area contributed by atoms with Crippen LogP contribution >= 0.6 is 0 Å². The van der Waals surface area contributed by atoms with Gasteiger partial charge in [0.1, 0.15) is 0 Å². The fourth-order valence-electron chi connectivity index (χ4n) is 3.16. The second-order valence-corrected chi connectivity index (χ2v) is 6.50. The molecule has 0 aromatic rings. The Labute approximate surface area is 115 Å². The van der Waals surface area contributed by atoms with E-state index in [1.54, 1.807) is 0 Å². The summed E-state index contributed by atoms with van der Waals surface area (Å²) in [6.45, 7) is 11.8. The lowest BCUT2D eigenvalue weighted by Crippen LogP contribution is -2.52. The van der Waals surface area contributed by atoms with Crippen LogP contribution < -0.4 is 5.32 Å². The minimum Gasteiger partial charge on any atom is -0.312 e. The van der Waals surface area contributed by atoms with Gasteiger partial charge in [-0.2, -0.15) is 0 Å². The van der Waals surface area contributed by atoms with Gasteiger partial charge < -0.3 is 10.2 Å². The van der Waals surface area contributed by atoms with E-state index in [9.17, 15) is 0 Å². The van der Waals surface area contributed by atoms with E-state index in [0.717, 1.165) is 23.9 Å². The summed E-state index contributed by atoms with van der Waals surface area (Å²) in [5.74, 6) is 1.72. The van der Waals surface area contributed by atoms with Crippen LogP contribution in [0.5, 0.6) is 0 Å². The lowest BCUT2D eigenvalue weighted by atomic mass is 9.82. The van der Waals surface area contributed by atoms with Crippen LogP contribution in [0.2, 0.25) is 0 Å². The molecule has 4 unspecified atom stereocenters. The third-order valence-corrected chi connectivity index (χ3v) is 4.60. The molecular formula is C16H34N2. The SMILES string of the molecule is CCCNC1CCC(C)CC1N(C)CC(C)CC. The van der Waals surface area contributed by atoms with Crippen molar-refractivity contribution in [1.29, 1.82) is 0 Å². The molecule has 1 aliphatic rings. The van der Waals surface area contributed by atoms with Gasteiger partial charge in [0.05, 0.1) is 0 Å². The Balaban J connectivity index is 2.54. The second kappa shape index (κ2) is 8.16. The monoisotopic (exact) mass is 254 g/mol. The van der Waals surface area contributed by atoms with Gasteiger partial charge in [-0.3, -0.25) is 0 Å². The molecule has 18 heavy (non-hydrogen) atoms. The molecule has 108 valence electrons. The summed E-state index contributed by atoms with van der Waals surface area (Å²) in [6.07, 6.45) is 6.66. The van der Waals surface area contributed by atoms with Crippen molar-refractivity contribution < 1.29 is 0 Å². The largest absolute Gasteiger partial charge is 0.312 e. The van der Waals surface area contributed by atoms with Crippen molar-refractivity contribution in [3.05, 3.63) is 0 Å². The average Bonchev–Trinajstić information content (AvgIpc) is 2.36. The van der Waals surface area contributed by atoms with Crippen LogP contribution in [0, 0.1) is 11.8 Å². The number of nitrogens with zero attached hydrogens (tertiary/aromatic N) is 1. The Hall–Kier alpha value is -0.0800. The highest BCUT2D eigenvalue weighted by Gasteiger charge is 2.31. The van der Waals surface area contributed by atoms with Crippen molar-refractivity contribution in [2.45, 2.75) is 71.9 Å². The van der Waals surface area contributed by atoms with Crippen molar-refractivity contribution in [1.82, 2.24) is 10.2 Å². The van der Waals surface area contributed by atoms with E-state index in [0.29, 0.717) is 0 Å². The van der Waals surface area contributed by atoms with E-state index in [1.165, 1.54) is 45.2 Å². The topological polar surface area (TPSA) is 15.3 Å². The minimum absolute atomic E-state index is 0.718. The first-order chi connectivity index (χ1) is 8.58. The van der Waals surface area contributed by atoms with Gasteiger partial charge in [0.15, 0.2) is 0 Å². The molecule has 0 heterocycles. The lowest BCUT2D eigenvalue weighted by molar-refractivity contribution is 0.111. The summed E-state index contributed by atoms with van der Waals surface area (Å²) >= 11 is 0. The van der Waals surface area contributed by atoms with Gasteiger partial charge in [-0.25, -0.2) is 0 Å². The maximum absolute atomic E-state index is 3.77. The molecule has 0 bridgehead atoms. The van der Waals surface area contributed by atoms with Crippen LogP contribution in [0.25, 0.3) is 0 Å². The molecule has 0 aromatic carbocycles. The maximum Gasteiger partial charge on any atom is 0.0248 e. The molecule has 1 rings (SSSR count). The third kappa shape index (κ3) is 4.89. The van der Waals surface area contributed by atoms with E-state index >= 15 is 0 Å². The number of nitrogens with one attached hydrogen (secondary N) is 1. The molecule has 1 saturated carbocycles. The molecule has 0 spiro atoms. The quantitative estimate of drug-likeness (QED) is 0.748. The van der Waals surface area contributed by atoms with E-state index in [-0.39, 0.29) is 0 Å². The molecule has 0 saturated heterocycles. The van der Waals surface area contributed by atoms with Gasteiger partial charge in [-0.05, 0) is 51.1 Å². The zero-order valence-corrected chi connectivity index (χ0v) is 13.2. The fourth-order valence-corrected chi connectivity index (χ4v) is 3.16. The molecule has 0 amide bonds. The molecular weight excluding hydrogens is 220 g/mol. The normalized spacial score (nSPS) is 30.7. The van der Waals surface area contributed by atoms with Crippen molar-refractivity contribution in [3.63, 3.8) is 0 Å². The van der Waals surface area contributed by atoms with Crippen LogP contribution in [0.3, 0.4) is 0 Å². The van der Waals surface area contributed by atoms with Gasteiger partial charge in [-0.1, -0.05) is 34.1 Å². The molecule has 2 nitrogen and oxygen atoms in total. The van der Waals surface area contributed by atoms with Crippen molar-refractivity contribution in [3.8, 4) is 0 Å². The molecule has 0 aromatic heterocycles. The standard InChI is InChI=1S/C16H34N2/c1-6-10-17-15-9-8-14(4)11-16(15)18(5)12-13(3)7-2/h13-17H,6-12H2,1-5H3. The predicted octanol–water partition coefficient (Wildman–Crippen LogP) is 3.52. The van der Waals surface area contributed by atoms with E-state index in [2.05, 4.69) is 45.0 Å². The Bertz CT molecular complexity index is 215. The summed E-state index contributed by atoms with van der Waals surface area (Å²) < 4.78 is 0. The van der Waals surface area contributed by atoms with Crippen LogP contribution in [-0.2, 0) is 0 Å². The zero-order valence-electron chi connectivity index (χ0n) is 13.2. The van der Waals surface area contributed by atoms with Crippen LogP contribution in [0.15, 0.2) is 0 Å². The molecule has 1 fully saturated rings. The Morgan fingerprint density at radius 1 is 1.28 bits per heavy atom. The number of hydrogen-bond donors (Lipinski definition) is 1. The van der Waals surface area contributed by atoms with Crippen molar-refractivity contribution in [2.24, 2.45) is 11.8 Å². The van der Waals surface area contributed by atoms with E-state index < -0.39 is 0 Å². The lowest BCUT2D eigenvalue weighted by Gasteiger charge is -2.41. The van der Waals surface area contributed by atoms with Crippen molar-refractivity contribution >= 4 is 0 Å². The summed E-state index contributed by atoms with van der Waals surface area (Å²) in [5, 5.41) is 3.77. The number of likely N-dealkylation sites (N-methyl/N-ethyl adjacent to an activating group) is 1. The van der Waals surface area contributed by atoms with Gasteiger partial charge >= 0.3 is 0 Å². The van der Waals surface area contributed by atoms with E-state index in [4.69, 9.17) is 0 Å². The average molecular weight is 254 g/mol. The second-order valence-electron chi connectivity index (χ2n) is 6.50. The smallest absolute Gasteiger partial charge is 0.0248 e. The van der Waals surface area contributed by atoms with Gasteiger partial charge in [0.2, 0.25) is 0 Å². The zero-order chi connectivity index (χ0) is 13.5. The fraction of sp³-hybridized carbons (Fsp3) is 1.00.